The van der Waals surface area contributed by atoms with Crippen molar-refractivity contribution in [3.63, 3.8) is 0 Å². The first-order chi connectivity index (χ1) is 15.5. The Bertz CT molecular complexity index is 1020. The van der Waals surface area contributed by atoms with Crippen molar-refractivity contribution in [3.05, 3.63) is 41.6 Å². The number of amides is 1. The maximum Gasteiger partial charge on any atom is 0.287 e. The Morgan fingerprint density at radius 1 is 1.47 bits per heavy atom. The van der Waals surface area contributed by atoms with Gasteiger partial charge in [-0.05, 0) is 62.5 Å². The minimum absolute atomic E-state index is 0.180. The molecule has 8 nitrogen and oxygen atoms in total. The number of likely N-dealkylation sites (tertiary alicyclic amines) is 1. The van der Waals surface area contributed by atoms with Crippen LogP contribution in [0.15, 0.2) is 45.4 Å². The fourth-order valence-electron chi connectivity index (χ4n) is 5.13. The third-order valence-corrected chi connectivity index (χ3v) is 7.44. The molecule has 1 amide bonds. The second kappa shape index (κ2) is 8.33. The quantitative estimate of drug-likeness (QED) is 0.373. The number of oxime groups is 1. The lowest BCUT2D eigenvalue weighted by atomic mass is 9.90. The standard InChI is InChI=1S/C24H30N4O4/c1-15(21(32-25-2)16-3-4-16)23(30)28-9-6-24(7-10-28)12-18(24)13-27-22(29)19-11-17-5-8-26-14-20(17)31-19/h5,8,11,14,16,18,23,30H,2-4,6-7,9-10,12-13H2,1H3,(H,27,29). The van der Waals surface area contributed by atoms with E-state index >= 15 is 0 Å². The summed E-state index contributed by atoms with van der Waals surface area (Å²) in [6.45, 7) is 7.67. The van der Waals surface area contributed by atoms with Crippen LogP contribution in [0.4, 0.5) is 0 Å². The van der Waals surface area contributed by atoms with E-state index in [9.17, 15) is 9.90 Å². The first kappa shape index (κ1) is 21.2. The zero-order valence-electron chi connectivity index (χ0n) is 18.4. The molecule has 0 bridgehead atoms. The molecule has 2 atom stereocenters. The number of piperidine rings is 1. The largest absolute Gasteiger partial charge is 0.449 e. The molecule has 32 heavy (non-hydrogen) atoms. The third-order valence-electron chi connectivity index (χ3n) is 7.44. The van der Waals surface area contributed by atoms with Gasteiger partial charge in [0.1, 0.15) is 12.0 Å². The van der Waals surface area contributed by atoms with Gasteiger partial charge >= 0.3 is 0 Å². The van der Waals surface area contributed by atoms with Gasteiger partial charge in [-0.25, -0.2) is 0 Å². The molecule has 2 aromatic rings. The van der Waals surface area contributed by atoms with Gasteiger partial charge in [-0.3, -0.25) is 14.7 Å². The molecule has 2 N–H and O–H groups in total. The molecule has 0 aromatic carbocycles. The van der Waals surface area contributed by atoms with E-state index in [1.54, 1.807) is 18.5 Å². The number of hydrogen-bond donors (Lipinski definition) is 2. The fourth-order valence-corrected chi connectivity index (χ4v) is 5.13. The maximum atomic E-state index is 12.5. The second-order valence-electron chi connectivity index (χ2n) is 9.45. The lowest BCUT2D eigenvalue weighted by Gasteiger charge is -2.36. The number of allylic oxidation sites excluding steroid dienone is 1. The van der Waals surface area contributed by atoms with Gasteiger partial charge in [-0.1, -0.05) is 5.16 Å². The van der Waals surface area contributed by atoms with E-state index in [4.69, 9.17) is 9.25 Å². The van der Waals surface area contributed by atoms with Crippen LogP contribution in [0.2, 0.25) is 0 Å². The average molecular weight is 439 g/mol. The highest BCUT2D eigenvalue weighted by molar-refractivity contribution is 5.95. The number of nitrogens with zero attached hydrogens (tertiary/aromatic N) is 3. The number of aromatic nitrogens is 1. The van der Waals surface area contributed by atoms with Crippen LogP contribution in [0, 0.1) is 17.3 Å². The van der Waals surface area contributed by atoms with Crippen molar-refractivity contribution in [2.24, 2.45) is 22.4 Å². The molecular weight excluding hydrogens is 408 g/mol. The summed E-state index contributed by atoms with van der Waals surface area (Å²) in [4.78, 5) is 24.0. The first-order valence-corrected chi connectivity index (χ1v) is 11.4. The summed E-state index contributed by atoms with van der Waals surface area (Å²) < 4.78 is 5.61. The lowest BCUT2D eigenvalue weighted by Crippen LogP contribution is -2.43. The zero-order chi connectivity index (χ0) is 22.3. The lowest BCUT2D eigenvalue weighted by molar-refractivity contribution is -0.000921. The van der Waals surface area contributed by atoms with Crippen LogP contribution in [-0.2, 0) is 4.84 Å². The molecule has 8 heteroatoms. The summed E-state index contributed by atoms with van der Waals surface area (Å²) in [7, 11) is 0. The number of furan rings is 1. The molecule has 2 saturated carbocycles. The van der Waals surface area contributed by atoms with E-state index in [0.717, 1.165) is 61.9 Å². The molecule has 5 rings (SSSR count). The predicted molar refractivity (Wildman–Crippen MR) is 120 cm³/mol. The van der Waals surface area contributed by atoms with Crippen molar-refractivity contribution in [3.8, 4) is 0 Å². The Balaban J connectivity index is 1.13. The van der Waals surface area contributed by atoms with Gasteiger partial charge in [-0.15, -0.1) is 0 Å². The Labute approximate surface area is 187 Å². The number of rotatable bonds is 8. The van der Waals surface area contributed by atoms with Crippen molar-refractivity contribution < 1.29 is 19.2 Å². The van der Waals surface area contributed by atoms with E-state index in [1.165, 1.54) is 0 Å². The minimum Gasteiger partial charge on any atom is -0.449 e. The number of aliphatic hydroxyl groups excluding tert-OH is 1. The SMILES string of the molecule is C=NOC(=C(C)C(O)N1CCC2(CC1)CC2CNC(=O)c1cc2ccncc2o1)C1CC1. The molecule has 3 aliphatic rings. The Kier molecular flexibility index (Phi) is 5.51. The molecule has 170 valence electrons. The predicted octanol–water partition coefficient (Wildman–Crippen LogP) is 3.29. The molecule has 3 heterocycles. The Hall–Kier alpha value is -2.71. The van der Waals surface area contributed by atoms with Gasteiger partial charge in [-0.2, -0.15) is 0 Å². The topological polar surface area (TPSA) is 100 Å². The molecule has 2 aliphatic carbocycles. The van der Waals surface area contributed by atoms with E-state index in [2.05, 4.69) is 27.1 Å². The highest BCUT2D eigenvalue weighted by Gasteiger charge is 2.55. The van der Waals surface area contributed by atoms with Gasteiger partial charge in [0.25, 0.3) is 5.91 Å². The third kappa shape index (κ3) is 4.04. The minimum atomic E-state index is -0.649. The van der Waals surface area contributed by atoms with E-state index in [1.807, 2.05) is 13.0 Å². The number of pyridine rings is 1. The van der Waals surface area contributed by atoms with Gasteiger partial charge in [0.15, 0.2) is 11.3 Å². The summed E-state index contributed by atoms with van der Waals surface area (Å²) in [6, 6.07) is 3.59. The van der Waals surface area contributed by atoms with E-state index in [0.29, 0.717) is 29.7 Å². The molecule has 2 aromatic heterocycles. The number of carbonyl (C=O) groups is 1. The van der Waals surface area contributed by atoms with Crippen molar-refractivity contribution in [1.82, 2.24) is 15.2 Å². The summed E-state index contributed by atoms with van der Waals surface area (Å²) in [6.07, 6.45) is 7.98. The van der Waals surface area contributed by atoms with Crippen molar-refractivity contribution in [1.29, 1.82) is 0 Å². The molecule has 1 aliphatic heterocycles. The fraction of sp³-hybridized carbons (Fsp3) is 0.542. The van der Waals surface area contributed by atoms with Crippen LogP contribution in [0.3, 0.4) is 0 Å². The summed E-state index contributed by atoms with van der Waals surface area (Å²) in [5, 5.41) is 18.4. The van der Waals surface area contributed by atoms with Crippen molar-refractivity contribution >= 4 is 23.6 Å². The molecule has 2 unspecified atom stereocenters. The van der Waals surface area contributed by atoms with Gasteiger partial charge in [0, 0.05) is 49.4 Å². The van der Waals surface area contributed by atoms with Crippen LogP contribution >= 0.6 is 0 Å². The van der Waals surface area contributed by atoms with Crippen LogP contribution in [0.25, 0.3) is 11.0 Å². The van der Waals surface area contributed by atoms with Crippen LogP contribution in [-0.4, -0.2) is 53.5 Å². The smallest absolute Gasteiger partial charge is 0.287 e. The molecule has 1 spiro atoms. The van der Waals surface area contributed by atoms with Gasteiger partial charge in [0.05, 0.1) is 6.20 Å². The summed E-state index contributed by atoms with van der Waals surface area (Å²) in [5.41, 5.74) is 1.74. The van der Waals surface area contributed by atoms with Gasteiger partial charge in [0.2, 0.25) is 0 Å². The molecule has 1 saturated heterocycles. The first-order valence-electron chi connectivity index (χ1n) is 11.4. The Morgan fingerprint density at radius 3 is 2.94 bits per heavy atom. The van der Waals surface area contributed by atoms with Crippen LogP contribution in [0.5, 0.6) is 0 Å². The molecular formula is C24H30N4O4. The summed E-state index contributed by atoms with van der Waals surface area (Å²) in [5.74, 6) is 1.77. The van der Waals surface area contributed by atoms with E-state index < -0.39 is 6.23 Å². The highest BCUT2D eigenvalue weighted by atomic mass is 16.6. The second-order valence-corrected chi connectivity index (χ2v) is 9.45. The summed E-state index contributed by atoms with van der Waals surface area (Å²) >= 11 is 0. The zero-order valence-corrected chi connectivity index (χ0v) is 18.4. The number of aliphatic hydroxyl groups is 1. The average Bonchev–Trinajstić information content (AvgIpc) is 3.72. The van der Waals surface area contributed by atoms with Gasteiger partial charge < -0.3 is 19.7 Å². The highest BCUT2D eigenvalue weighted by Crippen LogP contribution is 2.59. The maximum absolute atomic E-state index is 12.5. The van der Waals surface area contributed by atoms with Crippen molar-refractivity contribution in [2.45, 2.75) is 45.3 Å². The van der Waals surface area contributed by atoms with Crippen LogP contribution in [0.1, 0.15) is 49.6 Å². The normalized spacial score (nSPS) is 24.1. The number of hydrogen-bond acceptors (Lipinski definition) is 7. The number of nitrogens with one attached hydrogen (secondary N) is 1. The number of fused-ring (bicyclic) bond motifs is 1. The monoisotopic (exact) mass is 438 g/mol. The molecule has 3 fully saturated rings. The van der Waals surface area contributed by atoms with Crippen molar-refractivity contribution in [2.75, 3.05) is 19.6 Å². The Morgan fingerprint density at radius 2 is 2.25 bits per heavy atom. The number of carbonyl (C=O) groups excluding carboxylic acids is 1. The molecule has 0 radical (unpaired) electrons. The van der Waals surface area contributed by atoms with E-state index in [-0.39, 0.29) is 11.3 Å². The van der Waals surface area contributed by atoms with Crippen LogP contribution < -0.4 is 5.32 Å².